The summed E-state index contributed by atoms with van der Waals surface area (Å²) in [6.45, 7) is 2.30. The minimum atomic E-state index is -0.414. The third-order valence-corrected chi connectivity index (χ3v) is 3.24. The lowest BCUT2D eigenvalue weighted by atomic mass is 10.2. The topological polar surface area (TPSA) is 49.8 Å². The van der Waals surface area contributed by atoms with Crippen molar-refractivity contribution in [1.82, 2.24) is 4.90 Å². The number of carbonyl (C=O) groups is 1. The van der Waals surface area contributed by atoms with Gasteiger partial charge in [-0.25, -0.2) is 0 Å². The van der Waals surface area contributed by atoms with Crippen molar-refractivity contribution in [2.24, 2.45) is 0 Å². The number of aromatic hydroxyl groups is 1. The van der Waals surface area contributed by atoms with Crippen LogP contribution < -0.4 is 0 Å². The van der Waals surface area contributed by atoms with Crippen molar-refractivity contribution >= 4 is 5.91 Å². The van der Waals surface area contributed by atoms with E-state index in [1.165, 1.54) is 0 Å². The highest BCUT2D eigenvalue weighted by Gasteiger charge is 2.34. The summed E-state index contributed by atoms with van der Waals surface area (Å²) in [7, 11) is 1.54. The van der Waals surface area contributed by atoms with Gasteiger partial charge in [0.25, 0.3) is 5.91 Å². The molecule has 0 radical (unpaired) electrons. The molecule has 0 heterocycles. The van der Waals surface area contributed by atoms with Crippen LogP contribution in [0, 0.1) is 0 Å². The van der Waals surface area contributed by atoms with Gasteiger partial charge in [-0.15, -0.1) is 0 Å². The van der Waals surface area contributed by atoms with Crippen molar-refractivity contribution in [2.45, 2.75) is 38.5 Å². The lowest BCUT2D eigenvalue weighted by Crippen LogP contribution is -2.39. The van der Waals surface area contributed by atoms with E-state index >= 15 is 0 Å². The molecule has 1 N–H and O–H groups in total. The first-order chi connectivity index (χ1) is 8.61. The van der Waals surface area contributed by atoms with Gasteiger partial charge in [-0.3, -0.25) is 4.79 Å². The summed E-state index contributed by atoms with van der Waals surface area (Å²) in [6.07, 6.45) is 1.70. The average Bonchev–Trinajstić information content (AvgIpc) is 3.18. The highest BCUT2D eigenvalue weighted by Crippen LogP contribution is 2.29. The number of phenolic OH excluding ortho intramolecular Hbond substituents is 1. The third-order valence-electron chi connectivity index (χ3n) is 3.24. The second-order valence-corrected chi connectivity index (χ2v) is 4.75. The van der Waals surface area contributed by atoms with E-state index in [0.29, 0.717) is 12.6 Å². The van der Waals surface area contributed by atoms with Gasteiger partial charge < -0.3 is 14.7 Å². The number of nitrogens with zero attached hydrogens (tertiary/aromatic N) is 1. The van der Waals surface area contributed by atoms with Crippen molar-refractivity contribution in [3.8, 4) is 5.75 Å². The van der Waals surface area contributed by atoms with Crippen molar-refractivity contribution in [3.63, 3.8) is 0 Å². The Balaban J connectivity index is 2.09. The number of phenols is 1. The van der Waals surface area contributed by atoms with Crippen LogP contribution in [0.2, 0.25) is 0 Å². The van der Waals surface area contributed by atoms with Gasteiger partial charge in [0.2, 0.25) is 0 Å². The zero-order valence-electron chi connectivity index (χ0n) is 10.8. The zero-order chi connectivity index (χ0) is 13.1. The van der Waals surface area contributed by atoms with Crippen LogP contribution in [0.1, 0.15) is 25.3 Å². The van der Waals surface area contributed by atoms with E-state index in [2.05, 4.69) is 0 Å². The number of rotatable bonds is 5. The predicted molar refractivity (Wildman–Crippen MR) is 68.1 cm³/mol. The molecule has 1 fully saturated rings. The first-order valence-electron chi connectivity index (χ1n) is 6.23. The standard InChI is InChI=1S/C14H19NO3/c1-10(18-2)14(17)15(12-6-7-12)9-11-4-3-5-13(16)8-11/h3-5,8,10,12,16H,6-7,9H2,1-2H3. The molecule has 4 nitrogen and oxygen atoms in total. The quantitative estimate of drug-likeness (QED) is 0.867. The number of amides is 1. The van der Waals surface area contributed by atoms with Gasteiger partial charge in [-0.05, 0) is 37.5 Å². The Morgan fingerprint density at radius 1 is 1.56 bits per heavy atom. The molecule has 1 aliphatic carbocycles. The maximum Gasteiger partial charge on any atom is 0.251 e. The molecule has 2 rings (SSSR count). The number of hydrogen-bond acceptors (Lipinski definition) is 3. The van der Waals surface area contributed by atoms with Crippen LogP contribution in [0.25, 0.3) is 0 Å². The Morgan fingerprint density at radius 2 is 2.28 bits per heavy atom. The van der Waals surface area contributed by atoms with E-state index in [1.54, 1.807) is 32.2 Å². The lowest BCUT2D eigenvalue weighted by molar-refractivity contribution is -0.142. The second-order valence-electron chi connectivity index (χ2n) is 4.75. The first kappa shape index (κ1) is 12.9. The molecule has 0 saturated heterocycles. The van der Waals surface area contributed by atoms with Crippen molar-refractivity contribution in [3.05, 3.63) is 29.8 Å². The number of ether oxygens (including phenoxy) is 1. The number of benzene rings is 1. The van der Waals surface area contributed by atoms with E-state index < -0.39 is 6.10 Å². The van der Waals surface area contributed by atoms with Gasteiger partial charge >= 0.3 is 0 Å². The van der Waals surface area contributed by atoms with Crippen molar-refractivity contribution in [2.75, 3.05) is 7.11 Å². The maximum absolute atomic E-state index is 12.2. The van der Waals surface area contributed by atoms with Gasteiger partial charge in [-0.2, -0.15) is 0 Å². The van der Waals surface area contributed by atoms with Crippen LogP contribution >= 0.6 is 0 Å². The summed E-state index contributed by atoms with van der Waals surface area (Å²) in [5, 5.41) is 9.45. The van der Waals surface area contributed by atoms with Gasteiger partial charge in [0.05, 0.1) is 0 Å². The van der Waals surface area contributed by atoms with Crippen LogP contribution in [0.3, 0.4) is 0 Å². The molecule has 18 heavy (non-hydrogen) atoms. The molecule has 1 atom stereocenters. The fourth-order valence-corrected chi connectivity index (χ4v) is 1.96. The molecular weight excluding hydrogens is 230 g/mol. The normalized spacial score (nSPS) is 16.3. The van der Waals surface area contributed by atoms with E-state index in [1.807, 2.05) is 11.0 Å². The molecule has 1 aromatic rings. The van der Waals surface area contributed by atoms with Crippen molar-refractivity contribution in [1.29, 1.82) is 0 Å². The summed E-state index contributed by atoms with van der Waals surface area (Å²) >= 11 is 0. The fraction of sp³-hybridized carbons (Fsp3) is 0.500. The Bertz CT molecular complexity index is 429. The largest absolute Gasteiger partial charge is 0.508 e. The molecule has 0 bridgehead atoms. The Hall–Kier alpha value is -1.55. The molecular formula is C14H19NO3. The smallest absolute Gasteiger partial charge is 0.251 e. The zero-order valence-corrected chi connectivity index (χ0v) is 10.8. The highest BCUT2D eigenvalue weighted by molar-refractivity contribution is 5.81. The molecule has 98 valence electrons. The molecule has 1 amide bonds. The van der Waals surface area contributed by atoms with Crippen LogP contribution in [0.4, 0.5) is 0 Å². The minimum Gasteiger partial charge on any atom is -0.508 e. The predicted octanol–water partition coefficient (Wildman–Crippen LogP) is 1.92. The molecule has 1 aromatic carbocycles. The molecule has 1 saturated carbocycles. The first-order valence-corrected chi connectivity index (χ1v) is 6.23. The summed E-state index contributed by atoms with van der Waals surface area (Å²) in [5.74, 6) is 0.249. The second kappa shape index (κ2) is 5.40. The van der Waals surface area contributed by atoms with Gasteiger partial charge in [-0.1, -0.05) is 12.1 Å². The third kappa shape index (κ3) is 3.01. The Labute approximate surface area is 107 Å². The van der Waals surface area contributed by atoms with E-state index in [4.69, 9.17) is 4.74 Å². The lowest BCUT2D eigenvalue weighted by Gasteiger charge is -2.25. The Morgan fingerprint density at radius 3 is 2.83 bits per heavy atom. The molecule has 0 aromatic heterocycles. The van der Waals surface area contributed by atoms with E-state index in [0.717, 1.165) is 18.4 Å². The van der Waals surface area contributed by atoms with E-state index in [9.17, 15) is 9.90 Å². The maximum atomic E-state index is 12.2. The highest BCUT2D eigenvalue weighted by atomic mass is 16.5. The van der Waals surface area contributed by atoms with Crippen molar-refractivity contribution < 1.29 is 14.6 Å². The monoisotopic (exact) mass is 249 g/mol. The van der Waals surface area contributed by atoms with Gasteiger partial charge in [0, 0.05) is 19.7 Å². The molecule has 4 heteroatoms. The van der Waals surface area contributed by atoms with Crippen LogP contribution in [-0.2, 0) is 16.1 Å². The van der Waals surface area contributed by atoms with Gasteiger partial charge in [0.15, 0.2) is 0 Å². The molecule has 1 unspecified atom stereocenters. The summed E-state index contributed by atoms with van der Waals surface area (Å²) in [6, 6.07) is 7.36. The average molecular weight is 249 g/mol. The Kier molecular flexibility index (Phi) is 3.87. The number of carbonyl (C=O) groups excluding carboxylic acids is 1. The van der Waals surface area contributed by atoms with Crippen LogP contribution in [-0.4, -0.2) is 35.2 Å². The molecule has 0 aliphatic heterocycles. The summed E-state index contributed by atoms with van der Waals surface area (Å²) in [5.41, 5.74) is 0.943. The summed E-state index contributed by atoms with van der Waals surface area (Å²) < 4.78 is 5.09. The fourth-order valence-electron chi connectivity index (χ4n) is 1.96. The van der Waals surface area contributed by atoms with Crippen LogP contribution in [0.5, 0.6) is 5.75 Å². The molecule has 0 spiro atoms. The molecule has 1 aliphatic rings. The van der Waals surface area contributed by atoms with Crippen LogP contribution in [0.15, 0.2) is 24.3 Å². The SMILES string of the molecule is COC(C)C(=O)N(Cc1cccc(O)c1)C1CC1. The van der Waals surface area contributed by atoms with Gasteiger partial charge in [0.1, 0.15) is 11.9 Å². The van der Waals surface area contributed by atoms with E-state index in [-0.39, 0.29) is 11.7 Å². The number of methoxy groups -OCH3 is 1. The number of hydrogen-bond donors (Lipinski definition) is 1. The minimum absolute atomic E-state index is 0.0170. The summed E-state index contributed by atoms with van der Waals surface area (Å²) in [4.78, 5) is 14.0.